The lowest BCUT2D eigenvalue weighted by Gasteiger charge is -2.18. The largest absolute Gasteiger partial charge is 0.319 e. The van der Waals surface area contributed by atoms with Crippen LogP contribution in [0.25, 0.3) is 11.3 Å². The molecule has 3 nitrogen and oxygen atoms in total. The molecular weight excluding hydrogens is 234 g/mol. The second-order valence-electron chi connectivity index (χ2n) is 5.49. The maximum atomic E-state index is 6.09. The molecule has 1 aromatic heterocycles. The third kappa shape index (κ3) is 3.18. The van der Waals surface area contributed by atoms with Gasteiger partial charge in [0.15, 0.2) is 0 Å². The van der Waals surface area contributed by atoms with Crippen LogP contribution in [-0.4, -0.2) is 9.97 Å². The summed E-state index contributed by atoms with van der Waals surface area (Å²) in [4.78, 5) is 9.02. The quantitative estimate of drug-likeness (QED) is 0.916. The van der Waals surface area contributed by atoms with Crippen LogP contribution in [-0.2, 0) is 12.0 Å². The number of aryl methyl sites for hydroxylation is 2. The highest BCUT2D eigenvalue weighted by Crippen LogP contribution is 2.21. The SMILES string of the molecule is CCc1ccc(-c2cc(C)nc(C(C)(C)N)n2)cc1. The molecule has 0 aliphatic carbocycles. The Morgan fingerprint density at radius 1 is 1.11 bits per heavy atom. The Morgan fingerprint density at radius 3 is 2.26 bits per heavy atom. The van der Waals surface area contributed by atoms with E-state index in [0.717, 1.165) is 23.4 Å². The highest BCUT2D eigenvalue weighted by Gasteiger charge is 2.19. The van der Waals surface area contributed by atoms with Gasteiger partial charge < -0.3 is 5.73 Å². The van der Waals surface area contributed by atoms with Crippen LogP contribution in [0.15, 0.2) is 30.3 Å². The van der Waals surface area contributed by atoms with Crippen molar-refractivity contribution in [1.29, 1.82) is 0 Å². The van der Waals surface area contributed by atoms with Gasteiger partial charge in [-0.1, -0.05) is 31.2 Å². The smallest absolute Gasteiger partial charge is 0.148 e. The molecule has 0 saturated heterocycles. The number of rotatable bonds is 3. The van der Waals surface area contributed by atoms with Crippen molar-refractivity contribution in [3.05, 3.63) is 47.4 Å². The maximum absolute atomic E-state index is 6.09. The van der Waals surface area contributed by atoms with E-state index in [1.807, 2.05) is 26.8 Å². The Bertz CT molecular complexity index is 566. The van der Waals surface area contributed by atoms with E-state index in [4.69, 9.17) is 5.73 Å². The van der Waals surface area contributed by atoms with E-state index in [1.54, 1.807) is 0 Å². The summed E-state index contributed by atoms with van der Waals surface area (Å²) in [5.74, 6) is 0.682. The minimum Gasteiger partial charge on any atom is -0.319 e. The number of nitrogens with two attached hydrogens (primary N) is 1. The van der Waals surface area contributed by atoms with Crippen LogP contribution in [0.2, 0.25) is 0 Å². The van der Waals surface area contributed by atoms with Crippen molar-refractivity contribution in [3.8, 4) is 11.3 Å². The molecule has 0 aliphatic heterocycles. The maximum Gasteiger partial charge on any atom is 0.148 e. The summed E-state index contributed by atoms with van der Waals surface area (Å²) in [5.41, 5.74) is 9.88. The van der Waals surface area contributed by atoms with Gasteiger partial charge in [0.1, 0.15) is 5.82 Å². The summed E-state index contributed by atoms with van der Waals surface area (Å²) in [6, 6.07) is 10.5. The first-order valence-corrected chi connectivity index (χ1v) is 6.64. The zero-order chi connectivity index (χ0) is 14.0. The first kappa shape index (κ1) is 13.7. The topological polar surface area (TPSA) is 51.8 Å². The standard InChI is InChI=1S/C16H21N3/c1-5-12-6-8-13(9-7-12)14-10-11(2)18-15(19-14)16(3,4)17/h6-10H,5,17H2,1-4H3. The Morgan fingerprint density at radius 2 is 1.74 bits per heavy atom. The summed E-state index contributed by atoms with van der Waals surface area (Å²) in [7, 11) is 0. The Balaban J connectivity index is 2.46. The summed E-state index contributed by atoms with van der Waals surface area (Å²) in [6.45, 7) is 7.97. The van der Waals surface area contributed by atoms with Gasteiger partial charge in [-0.25, -0.2) is 9.97 Å². The van der Waals surface area contributed by atoms with Crippen LogP contribution in [0, 0.1) is 6.92 Å². The molecule has 0 aliphatic rings. The Hall–Kier alpha value is -1.74. The average Bonchev–Trinajstić information content (AvgIpc) is 2.37. The number of hydrogen-bond acceptors (Lipinski definition) is 3. The highest BCUT2D eigenvalue weighted by atomic mass is 15.0. The van der Waals surface area contributed by atoms with Crippen molar-refractivity contribution >= 4 is 0 Å². The van der Waals surface area contributed by atoms with E-state index in [9.17, 15) is 0 Å². The molecule has 0 amide bonds. The second-order valence-corrected chi connectivity index (χ2v) is 5.49. The molecule has 0 unspecified atom stereocenters. The molecule has 1 aromatic carbocycles. The van der Waals surface area contributed by atoms with Crippen LogP contribution in [0.4, 0.5) is 0 Å². The normalized spacial score (nSPS) is 11.6. The monoisotopic (exact) mass is 255 g/mol. The molecule has 0 atom stereocenters. The molecule has 0 spiro atoms. The predicted octanol–water partition coefficient (Wildman–Crippen LogP) is 3.21. The van der Waals surface area contributed by atoms with E-state index in [1.165, 1.54) is 5.56 Å². The summed E-state index contributed by atoms with van der Waals surface area (Å²) in [6.07, 6.45) is 1.05. The van der Waals surface area contributed by atoms with Crippen molar-refractivity contribution in [1.82, 2.24) is 9.97 Å². The minimum atomic E-state index is -0.524. The highest BCUT2D eigenvalue weighted by molar-refractivity contribution is 5.59. The van der Waals surface area contributed by atoms with Crippen molar-refractivity contribution in [2.45, 2.75) is 39.7 Å². The van der Waals surface area contributed by atoms with Gasteiger partial charge in [-0.3, -0.25) is 0 Å². The zero-order valence-corrected chi connectivity index (χ0v) is 12.1. The number of benzene rings is 1. The van der Waals surface area contributed by atoms with Gasteiger partial charge in [-0.15, -0.1) is 0 Å². The Labute approximate surface area is 114 Å². The molecule has 2 rings (SSSR count). The predicted molar refractivity (Wildman–Crippen MR) is 78.8 cm³/mol. The lowest BCUT2D eigenvalue weighted by Crippen LogP contribution is -2.31. The third-order valence-electron chi connectivity index (χ3n) is 3.09. The van der Waals surface area contributed by atoms with Crippen molar-refractivity contribution < 1.29 is 0 Å². The van der Waals surface area contributed by atoms with E-state index in [2.05, 4.69) is 41.2 Å². The molecule has 3 heteroatoms. The molecule has 0 radical (unpaired) electrons. The first-order valence-electron chi connectivity index (χ1n) is 6.64. The summed E-state index contributed by atoms with van der Waals surface area (Å²) < 4.78 is 0. The molecule has 0 bridgehead atoms. The summed E-state index contributed by atoms with van der Waals surface area (Å²) in [5, 5.41) is 0. The van der Waals surface area contributed by atoms with Gasteiger partial charge in [0.25, 0.3) is 0 Å². The van der Waals surface area contributed by atoms with E-state index in [0.29, 0.717) is 5.82 Å². The van der Waals surface area contributed by atoms with Gasteiger partial charge in [0.05, 0.1) is 11.2 Å². The minimum absolute atomic E-state index is 0.524. The van der Waals surface area contributed by atoms with E-state index in [-0.39, 0.29) is 0 Å². The molecule has 0 saturated carbocycles. The molecular formula is C16H21N3. The van der Waals surface area contributed by atoms with Crippen LogP contribution in [0.1, 0.15) is 37.9 Å². The summed E-state index contributed by atoms with van der Waals surface area (Å²) >= 11 is 0. The van der Waals surface area contributed by atoms with Gasteiger partial charge in [-0.05, 0) is 38.8 Å². The van der Waals surface area contributed by atoms with Crippen LogP contribution in [0.5, 0.6) is 0 Å². The van der Waals surface area contributed by atoms with Gasteiger partial charge in [-0.2, -0.15) is 0 Å². The zero-order valence-electron chi connectivity index (χ0n) is 12.1. The molecule has 0 fully saturated rings. The van der Waals surface area contributed by atoms with Crippen LogP contribution in [0.3, 0.4) is 0 Å². The average molecular weight is 255 g/mol. The molecule has 1 heterocycles. The molecule has 19 heavy (non-hydrogen) atoms. The fraction of sp³-hybridized carbons (Fsp3) is 0.375. The van der Waals surface area contributed by atoms with Crippen molar-refractivity contribution in [2.75, 3.05) is 0 Å². The van der Waals surface area contributed by atoms with Crippen molar-refractivity contribution in [3.63, 3.8) is 0 Å². The van der Waals surface area contributed by atoms with Gasteiger partial charge >= 0.3 is 0 Å². The molecule has 100 valence electrons. The van der Waals surface area contributed by atoms with E-state index < -0.39 is 5.54 Å². The number of aromatic nitrogens is 2. The number of nitrogens with zero attached hydrogens (tertiary/aromatic N) is 2. The molecule has 2 N–H and O–H groups in total. The van der Waals surface area contributed by atoms with Gasteiger partial charge in [0, 0.05) is 11.3 Å². The lowest BCUT2D eigenvalue weighted by molar-refractivity contribution is 0.512. The van der Waals surface area contributed by atoms with Crippen LogP contribution < -0.4 is 5.73 Å². The molecule has 2 aromatic rings. The second kappa shape index (κ2) is 5.10. The van der Waals surface area contributed by atoms with Crippen molar-refractivity contribution in [2.24, 2.45) is 5.73 Å². The Kier molecular flexibility index (Phi) is 3.67. The fourth-order valence-corrected chi connectivity index (χ4v) is 1.92. The fourth-order valence-electron chi connectivity index (χ4n) is 1.92. The number of hydrogen-bond donors (Lipinski definition) is 1. The van der Waals surface area contributed by atoms with Gasteiger partial charge in [0.2, 0.25) is 0 Å². The van der Waals surface area contributed by atoms with Crippen LogP contribution >= 0.6 is 0 Å². The third-order valence-corrected chi connectivity index (χ3v) is 3.09. The first-order chi connectivity index (χ1) is 8.90. The lowest BCUT2D eigenvalue weighted by atomic mass is 10.0. The van der Waals surface area contributed by atoms with E-state index >= 15 is 0 Å².